The molecule has 3 rings (SSSR count). The lowest BCUT2D eigenvalue weighted by Crippen LogP contribution is -2.21. The number of hydrogen-bond donors (Lipinski definition) is 1. The van der Waals surface area contributed by atoms with Crippen molar-refractivity contribution in [2.75, 3.05) is 5.32 Å². The van der Waals surface area contributed by atoms with Crippen molar-refractivity contribution in [1.29, 1.82) is 0 Å². The number of rotatable bonds is 3. The lowest BCUT2D eigenvalue weighted by atomic mass is 9.95. The van der Waals surface area contributed by atoms with Crippen LogP contribution in [0.25, 0.3) is 11.1 Å². The minimum Gasteiger partial charge on any atom is -0.317 e. The third kappa shape index (κ3) is 4.30. The first-order chi connectivity index (χ1) is 14.4. The van der Waals surface area contributed by atoms with Gasteiger partial charge in [-0.3, -0.25) is 4.79 Å². The molecule has 0 fully saturated rings. The van der Waals surface area contributed by atoms with Crippen LogP contribution in [0.15, 0.2) is 46.9 Å². The second-order valence-corrected chi connectivity index (χ2v) is 7.38. The van der Waals surface area contributed by atoms with Gasteiger partial charge in [0.25, 0.3) is 5.91 Å². The number of carbonyl (C=O) groups is 1. The summed E-state index contributed by atoms with van der Waals surface area (Å²) >= 11 is 3.26. The zero-order chi connectivity index (χ0) is 23.1. The number of aryl methyl sites for hydroxylation is 1. The fraction of sp³-hybridized carbons (Fsp3) is 0.0952. The first-order valence-electron chi connectivity index (χ1n) is 8.53. The Hall–Kier alpha value is -2.88. The summed E-state index contributed by atoms with van der Waals surface area (Å²) in [6.07, 6.45) is -5.68. The van der Waals surface area contributed by atoms with Crippen LogP contribution in [0.1, 0.15) is 21.5 Å². The second kappa shape index (κ2) is 8.33. The average Bonchev–Trinajstić information content (AvgIpc) is 2.69. The van der Waals surface area contributed by atoms with Crippen LogP contribution in [-0.2, 0) is 6.18 Å². The van der Waals surface area contributed by atoms with E-state index in [0.717, 1.165) is 4.47 Å². The summed E-state index contributed by atoms with van der Waals surface area (Å²) in [5.74, 6) is -11.2. The van der Waals surface area contributed by atoms with Crippen molar-refractivity contribution in [3.05, 3.63) is 86.9 Å². The van der Waals surface area contributed by atoms with Gasteiger partial charge in [0, 0.05) is 4.47 Å². The van der Waals surface area contributed by atoms with Crippen LogP contribution in [0.2, 0.25) is 0 Å². The highest BCUT2D eigenvalue weighted by atomic mass is 79.9. The molecule has 0 aliphatic rings. The number of benzene rings is 3. The van der Waals surface area contributed by atoms with Gasteiger partial charge in [-0.25, -0.2) is 17.6 Å². The van der Waals surface area contributed by atoms with Crippen molar-refractivity contribution in [2.24, 2.45) is 0 Å². The zero-order valence-corrected chi connectivity index (χ0v) is 17.1. The van der Waals surface area contributed by atoms with E-state index < -0.39 is 46.6 Å². The molecule has 0 aliphatic carbocycles. The molecule has 0 bridgehead atoms. The molecule has 2 nitrogen and oxygen atoms in total. The van der Waals surface area contributed by atoms with Crippen LogP contribution >= 0.6 is 15.9 Å². The van der Waals surface area contributed by atoms with E-state index in [1.54, 1.807) is 35.6 Å². The van der Waals surface area contributed by atoms with E-state index in [-0.39, 0.29) is 5.56 Å². The third-order valence-corrected chi connectivity index (χ3v) is 4.97. The summed E-state index contributed by atoms with van der Waals surface area (Å²) in [5, 5.41) is 1.67. The van der Waals surface area contributed by atoms with E-state index in [9.17, 15) is 35.5 Å². The highest BCUT2D eigenvalue weighted by Gasteiger charge is 2.42. The molecule has 0 saturated heterocycles. The third-order valence-electron chi connectivity index (χ3n) is 4.44. The number of hydrogen-bond acceptors (Lipinski definition) is 1. The molecule has 0 atom stereocenters. The number of halogens is 8. The van der Waals surface area contributed by atoms with E-state index in [2.05, 4.69) is 15.9 Å². The first-order valence-corrected chi connectivity index (χ1v) is 9.32. The number of carbonyl (C=O) groups excluding carboxylic acids is 1. The van der Waals surface area contributed by atoms with E-state index in [0.29, 0.717) is 16.7 Å². The highest BCUT2D eigenvalue weighted by Crippen LogP contribution is 2.39. The maximum atomic E-state index is 14.2. The maximum absolute atomic E-state index is 14.2. The van der Waals surface area contributed by atoms with E-state index in [1.165, 1.54) is 19.1 Å². The maximum Gasteiger partial charge on any atom is 0.422 e. The van der Waals surface area contributed by atoms with Crippen LogP contribution in [0, 0.1) is 30.2 Å². The van der Waals surface area contributed by atoms with Crippen LogP contribution < -0.4 is 5.32 Å². The molecule has 31 heavy (non-hydrogen) atoms. The van der Waals surface area contributed by atoms with Crippen molar-refractivity contribution in [2.45, 2.75) is 13.1 Å². The van der Waals surface area contributed by atoms with Gasteiger partial charge in [-0.15, -0.1) is 0 Å². The van der Waals surface area contributed by atoms with Gasteiger partial charge in [0.2, 0.25) is 0 Å². The molecule has 0 aliphatic heterocycles. The predicted molar refractivity (Wildman–Crippen MR) is 104 cm³/mol. The fourth-order valence-electron chi connectivity index (χ4n) is 3.01. The lowest BCUT2D eigenvalue weighted by molar-refractivity contribution is -0.143. The van der Waals surface area contributed by atoms with Crippen molar-refractivity contribution in [3.8, 4) is 11.1 Å². The van der Waals surface area contributed by atoms with Crippen molar-refractivity contribution in [3.63, 3.8) is 0 Å². The molecule has 0 radical (unpaired) electrons. The Morgan fingerprint density at radius 1 is 0.871 bits per heavy atom. The summed E-state index contributed by atoms with van der Waals surface area (Å²) in [5.41, 5.74) is -3.22. The Kier molecular flexibility index (Phi) is 6.13. The van der Waals surface area contributed by atoms with E-state index in [1.807, 2.05) is 0 Å². The topological polar surface area (TPSA) is 29.1 Å². The molecule has 10 heteroatoms. The highest BCUT2D eigenvalue weighted by molar-refractivity contribution is 9.10. The van der Waals surface area contributed by atoms with Crippen molar-refractivity contribution < 1.29 is 35.5 Å². The number of amides is 1. The van der Waals surface area contributed by atoms with E-state index in [4.69, 9.17) is 0 Å². The van der Waals surface area contributed by atoms with Gasteiger partial charge < -0.3 is 5.32 Å². The molecule has 0 unspecified atom stereocenters. The Labute approximate surface area is 179 Å². The molecule has 3 aromatic carbocycles. The van der Waals surface area contributed by atoms with Gasteiger partial charge in [0.05, 0.1) is 5.56 Å². The molecule has 1 amide bonds. The average molecular weight is 506 g/mol. The number of anilines is 1. The first kappa shape index (κ1) is 22.8. The molecule has 0 heterocycles. The predicted octanol–water partition coefficient (Wildman–Crippen LogP) is 7.25. The summed E-state index contributed by atoms with van der Waals surface area (Å²) in [7, 11) is 0. The lowest BCUT2D eigenvalue weighted by Gasteiger charge is -2.16. The zero-order valence-electron chi connectivity index (χ0n) is 15.5. The van der Waals surface area contributed by atoms with Crippen molar-refractivity contribution in [1.82, 2.24) is 0 Å². The van der Waals surface area contributed by atoms with E-state index >= 15 is 0 Å². The van der Waals surface area contributed by atoms with Gasteiger partial charge in [0.1, 0.15) is 11.3 Å². The van der Waals surface area contributed by atoms with Gasteiger partial charge in [-0.05, 0) is 35.7 Å². The van der Waals surface area contributed by atoms with Crippen molar-refractivity contribution >= 4 is 27.5 Å². The molecule has 0 spiro atoms. The standard InChI is InChI=1S/C21H11BrF7NO/c1-9-3-2-4-12(10-5-7-11(22)8-6-10)13(9)20(31)30-19-17(25)15(23)14(21(27,28)29)16(24)18(19)26/h2-8H,1H3,(H,30,31). The summed E-state index contributed by atoms with van der Waals surface area (Å²) in [6.45, 7) is 1.51. The second-order valence-electron chi connectivity index (χ2n) is 6.46. The molecule has 3 aromatic rings. The summed E-state index contributed by atoms with van der Waals surface area (Å²) in [6, 6.07) is 11.3. The molecule has 162 valence electrons. The smallest absolute Gasteiger partial charge is 0.317 e. The monoisotopic (exact) mass is 505 g/mol. The minimum atomic E-state index is -5.68. The minimum absolute atomic E-state index is 0.0793. The molecular weight excluding hydrogens is 495 g/mol. The molecular formula is C21H11BrF7NO. The number of alkyl halides is 3. The fourth-order valence-corrected chi connectivity index (χ4v) is 3.27. The van der Waals surface area contributed by atoms with Gasteiger partial charge in [-0.1, -0.05) is 46.3 Å². The summed E-state index contributed by atoms with van der Waals surface area (Å²) < 4.78 is 95.0. The van der Waals surface area contributed by atoms with Crippen LogP contribution in [0.3, 0.4) is 0 Å². The number of nitrogens with one attached hydrogen (secondary N) is 1. The Bertz CT molecular complexity index is 1140. The SMILES string of the molecule is Cc1cccc(-c2ccc(Br)cc2)c1C(=O)Nc1c(F)c(F)c(C(F)(F)F)c(F)c1F. The quantitative estimate of drug-likeness (QED) is 0.294. The Morgan fingerprint density at radius 2 is 1.42 bits per heavy atom. The van der Waals surface area contributed by atoms with Gasteiger partial charge in [-0.2, -0.15) is 13.2 Å². The normalized spacial score (nSPS) is 11.5. The van der Waals surface area contributed by atoms with Gasteiger partial charge >= 0.3 is 6.18 Å². The summed E-state index contributed by atoms with van der Waals surface area (Å²) in [4.78, 5) is 12.8. The molecule has 0 saturated carbocycles. The largest absolute Gasteiger partial charge is 0.422 e. The molecule has 0 aromatic heterocycles. The van der Waals surface area contributed by atoms with Crippen LogP contribution in [0.4, 0.5) is 36.4 Å². The van der Waals surface area contributed by atoms with Gasteiger partial charge in [0.15, 0.2) is 23.3 Å². The van der Waals surface area contributed by atoms with Crippen LogP contribution in [0.5, 0.6) is 0 Å². The van der Waals surface area contributed by atoms with Crippen LogP contribution in [-0.4, -0.2) is 5.91 Å². The Balaban J connectivity index is 2.11. The Morgan fingerprint density at radius 3 is 1.94 bits per heavy atom. The molecule has 1 N–H and O–H groups in total.